The number of hydrogen-bond donors (Lipinski definition) is 0. The summed E-state index contributed by atoms with van der Waals surface area (Å²) >= 11 is 0. The van der Waals surface area contributed by atoms with Crippen LogP contribution in [0.4, 0.5) is 0 Å². The summed E-state index contributed by atoms with van der Waals surface area (Å²) in [6.45, 7) is 15.4. The first-order valence-corrected chi connectivity index (χ1v) is 6.51. The van der Waals surface area contributed by atoms with Crippen LogP contribution in [0.15, 0.2) is 16.5 Å². The minimum atomic E-state index is 0.109. The average Bonchev–Trinajstić information content (AvgIpc) is 2.52. The maximum Gasteiger partial charge on any atom is 0.192 e. The number of oxazole rings is 1. The lowest BCUT2D eigenvalue weighted by Gasteiger charge is -2.29. The predicted molar refractivity (Wildman–Crippen MR) is 76.1 cm³/mol. The molecule has 0 atom stereocenters. The number of benzene rings is 1. The topological polar surface area (TPSA) is 26.0 Å². The summed E-state index contributed by atoms with van der Waals surface area (Å²) < 4.78 is 5.66. The summed E-state index contributed by atoms with van der Waals surface area (Å²) in [6.07, 6.45) is 0. The molecule has 0 spiro atoms. The molecule has 0 radical (unpaired) electrons. The van der Waals surface area contributed by atoms with Gasteiger partial charge in [-0.25, -0.2) is 4.98 Å². The second-order valence-electron chi connectivity index (χ2n) is 7.10. The quantitative estimate of drug-likeness (QED) is 0.670. The Kier molecular flexibility index (Phi) is 2.80. The van der Waals surface area contributed by atoms with Gasteiger partial charge in [0.05, 0.1) is 0 Å². The fourth-order valence-corrected chi connectivity index (χ4v) is 2.33. The Morgan fingerprint density at radius 3 is 1.89 bits per heavy atom. The van der Waals surface area contributed by atoms with E-state index in [-0.39, 0.29) is 10.8 Å². The van der Waals surface area contributed by atoms with Crippen molar-refractivity contribution >= 4 is 11.1 Å². The molecule has 98 valence electrons. The molecule has 0 aliphatic heterocycles. The molecule has 0 N–H and O–H groups in total. The van der Waals surface area contributed by atoms with Gasteiger partial charge < -0.3 is 4.42 Å². The molecule has 1 aromatic carbocycles. The molecule has 0 unspecified atom stereocenters. The van der Waals surface area contributed by atoms with E-state index in [9.17, 15) is 0 Å². The van der Waals surface area contributed by atoms with E-state index in [2.05, 4.69) is 58.7 Å². The summed E-state index contributed by atoms with van der Waals surface area (Å²) in [6, 6.07) is 4.35. The maximum atomic E-state index is 5.66. The van der Waals surface area contributed by atoms with Crippen molar-refractivity contribution in [1.82, 2.24) is 4.98 Å². The summed E-state index contributed by atoms with van der Waals surface area (Å²) in [5.74, 6) is 0.732. The average molecular weight is 245 g/mol. The van der Waals surface area contributed by atoms with Crippen LogP contribution in [0.1, 0.15) is 58.6 Å². The normalized spacial score (nSPS) is 13.3. The predicted octanol–water partition coefficient (Wildman–Crippen LogP) is 4.73. The van der Waals surface area contributed by atoms with Gasteiger partial charge in [0, 0.05) is 6.92 Å². The van der Waals surface area contributed by atoms with Gasteiger partial charge in [-0.3, -0.25) is 0 Å². The van der Waals surface area contributed by atoms with E-state index >= 15 is 0 Å². The molecular formula is C16H23NO. The molecule has 18 heavy (non-hydrogen) atoms. The van der Waals surface area contributed by atoms with Gasteiger partial charge >= 0.3 is 0 Å². The van der Waals surface area contributed by atoms with Crippen molar-refractivity contribution in [3.8, 4) is 0 Å². The largest absolute Gasteiger partial charge is 0.441 e. The molecule has 2 rings (SSSR count). The minimum Gasteiger partial charge on any atom is -0.441 e. The first kappa shape index (κ1) is 13.1. The molecule has 0 saturated carbocycles. The van der Waals surface area contributed by atoms with Crippen molar-refractivity contribution in [2.45, 2.75) is 59.3 Å². The van der Waals surface area contributed by atoms with Crippen LogP contribution in [0.25, 0.3) is 11.1 Å². The highest BCUT2D eigenvalue weighted by molar-refractivity contribution is 5.76. The third kappa shape index (κ3) is 2.29. The van der Waals surface area contributed by atoms with Crippen LogP contribution >= 0.6 is 0 Å². The van der Waals surface area contributed by atoms with Crippen molar-refractivity contribution in [2.24, 2.45) is 0 Å². The number of aryl methyl sites for hydroxylation is 1. The SMILES string of the molecule is Cc1nc2cc(C(C)(C)C)c(C(C)(C)C)cc2o1. The van der Waals surface area contributed by atoms with E-state index in [0.29, 0.717) is 0 Å². The Morgan fingerprint density at radius 2 is 1.39 bits per heavy atom. The zero-order chi connectivity index (χ0) is 13.7. The van der Waals surface area contributed by atoms with Gasteiger partial charge in [0.1, 0.15) is 5.52 Å². The Hall–Kier alpha value is -1.31. The first-order chi connectivity index (χ1) is 8.09. The van der Waals surface area contributed by atoms with Crippen LogP contribution in [-0.4, -0.2) is 4.98 Å². The van der Waals surface area contributed by atoms with E-state index in [4.69, 9.17) is 4.42 Å². The van der Waals surface area contributed by atoms with Crippen LogP contribution in [0.5, 0.6) is 0 Å². The molecule has 1 heterocycles. The van der Waals surface area contributed by atoms with E-state index in [1.54, 1.807) is 0 Å². The lowest BCUT2D eigenvalue weighted by molar-refractivity contribution is 0.527. The standard InChI is InChI=1S/C16H23NO/c1-10-17-13-8-11(15(2,3)4)12(16(5,6)7)9-14(13)18-10/h8-9H,1-7H3. The van der Waals surface area contributed by atoms with Gasteiger partial charge in [-0.2, -0.15) is 0 Å². The minimum absolute atomic E-state index is 0.109. The summed E-state index contributed by atoms with van der Waals surface area (Å²) in [7, 11) is 0. The van der Waals surface area contributed by atoms with Crippen molar-refractivity contribution in [1.29, 1.82) is 0 Å². The third-order valence-corrected chi connectivity index (χ3v) is 3.25. The van der Waals surface area contributed by atoms with Crippen LogP contribution in [-0.2, 0) is 10.8 Å². The fourth-order valence-electron chi connectivity index (χ4n) is 2.33. The molecule has 2 aromatic rings. The Balaban J connectivity index is 2.80. The molecule has 0 aliphatic carbocycles. The molecule has 0 aliphatic rings. The van der Waals surface area contributed by atoms with Gasteiger partial charge in [-0.05, 0) is 34.1 Å². The highest BCUT2D eigenvalue weighted by atomic mass is 16.3. The Labute approximate surface area is 109 Å². The monoisotopic (exact) mass is 245 g/mol. The summed E-state index contributed by atoms with van der Waals surface area (Å²) in [5.41, 5.74) is 4.78. The van der Waals surface area contributed by atoms with Gasteiger partial charge in [0.2, 0.25) is 0 Å². The second kappa shape index (κ2) is 3.84. The number of aromatic nitrogens is 1. The third-order valence-electron chi connectivity index (χ3n) is 3.25. The van der Waals surface area contributed by atoms with E-state index < -0.39 is 0 Å². The summed E-state index contributed by atoms with van der Waals surface area (Å²) in [4.78, 5) is 4.44. The number of fused-ring (bicyclic) bond motifs is 1. The summed E-state index contributed by atoms with van der Waals surface area (Å²) in [5, 5.41) is 0. The Bertz CT molecular complexity index is 528. The van der Waals surface area contributed by atoms with Gasteiger partial charge in [-0.1, -0.05) is 41.5 Å². The van der Waals surface area contributed by atoms with Crippen LogP contribution < -0.4 is 0 Å². The van der Waals surface area contributed by atoms with Crippen molar-refractivity contribution < 1.29 is 4.42 Å². The zero-order valence-electron chi connectivity index (χ0n) is 12.5. The van der Waals surface area contributed by atoms with Crippen molar-refractivity contribution in [3.63, 3.8) is 0 Å². The van der Waals surface area contributed by atoms with E-state index in [1.165, 1.54) is 11.1 Å². The van der Waals surface area contributed by atoms with Crippen molar-refractivity contribution in [2.75, 3.05) is 0 Å². The number of nitrogens with zero attached hydrogens (tertiary/aromatic N) is 1. The molecule has 1 aromatic heterocycles. The highest BCUT2D eigenvalue weighted by Gasteiger charge is 2.26. The van der Waals surface area contributed by atoms with Gasteiger partial charge in [-0.15, -0.1) is 0 Å². The van der Waals surface area contributed by atoms with Gasteiger partial charge in [0.15, 0.2) is 11.5 Å². The molecular weight excluding hydrogens is 222 g/mol. The van der Waals surface area contributed by atoms with E-state index in [1.807, 2.05) is 6.92 Å². The van der Waals surface area contributed by atoms with E-state index in [0.717, 1.165) is 17.0 Å². The van der Waals surface area contributed by atoms with Crippen LogP contribution in [0.2, 0.25) is 0 Å². The maximum absolute atomic E-state index is 5.66. The molecule has 2 heteroatoms. The van der Waals surface area contributed by atoms with Crippen LogP contribution in [0.3, 0.4) is 0 Å². The molecule has 0 fully saturated rings. The van der Waals surface area contributed by atoms with Crippen molar-refractivity contribution in [3.05, 3.63) is 29.2 Å². The lowest BCUT2D eigenvalue weighted by Crippen LogP contribution is -2.21. The molecule has 0 bridgehead atoms. The molecule has 0 amide bonds. The zero-order valence-corrected chi connectivity index (χ0v) is 12.5. The molecule has 2 nitrogen and oxygen atoms in total. The Morgan fingerprint density at radius 1 is 0.889 bits per heavy atom. The van der Waals surface area contributed by atoms with Gasteiger partial charge in [0.25, 0.3) is 0 Å². The van der Waals surface area contributed by atoms with Crippen LogP contribution in [0, 0.1) is 6.92 Å². The number of hydrogen-bond acceptors (Lipinski definition) is 2. The lowest BCUT2D eigenvalue weighted by atomic mass is 9.75. The number of rotatable bonds is 0. The second-order valence-corrected chi connectivity index (χ2v) is 7.10. The smallest absolute Gasteiger partial charge is 0.192 e. The first-order valence-electron chi connectivity index (χ1n) is 6.51. The molecule has 0 saturated heterocycles. The highest BCUT2D eigenvalue weighted by Crippen LogP contribution is 2.36. The fraction of sp³-hybridized carbons (Fsp3) is 0.562.